The molecule has 0 aliphatic heterocycles. The van der Waals surface area contributed by atoms with E-state index in [2.05, 4.69) is 133 Å². The molecule has 0 aliphatic carbocycles. The summed E-state index contributed by atoms with van der Waals surface area (Å²) in [7, 11) is 0. The van der Waals surface area contributed by atoms with Gasteiger partial charge in [0, 0.05) is 27.6 Å². The topological polar surface area (TPSA) is 0 Å². The molecular formula is C28H23Ti-. The Hall–Kier alpha value is -2.80. The van der Waals surface area contributed by atoms with E-state index < -0.39 is 0 Å². The Morgan fingerprint density at radius 3 is 1.21 bits per heavy atom. The van der Waals surface area contributed by atoms with E-state index in [0.29, 0.717) is 0 Å². The number of rotatable bonds is 6. The zero-order valence-electron chi connectivity index (χ0n) is 16.3. The van der Waals surface area contributed by atoms with Crippen LogP contribution >= 0.6 is 0 Å². The Bertz CT molecular complexity index is 829. The van der Waals surface area contributed by atoms with Crippen LogP contribution in [0.25, 0.3) is 0 Å². The fourth-order valence-electron chi connectivity index (χ4n) is 3.52. The first-order valence-electron chi connectivity index (χ1n) is 9.68. The zero-order valence-corrected chi connectivity index (χ0v) is 17.8. The van der Waals surface area contributed by atoms with E-state index in [1.165, 1.54) is 28.2 Å². The van der Waals surface area contributed by atoms with Crippen molar-refractivity contribution in [2.24, 2.45) is 0 Å². The van der Waals surface area contributed by atoms with Crippen molar-refractivity contribution in [1.82, 2.24) is 0 Å². The van der Waals surface area contributed by atoms with E-state index in [1.807, 2.05) is 0 Å². The Morgan fingerprint density at radius 1 is 0.483 bits per heavy atom. The van der Waals surface area contributed by atoms with Crippen LogP contribution in [-0.4, -0.2) is 0 Å². The van der Waals surface area contributed by atoms with Gasteiger partial charge in [0.05, 0.1) is 0 Å². The summed E-state index contributed by atoms with van der Waals surface area (Å²) in [5.41, 5.74) is 5.05. The third-order valence-electron chi connectivity index (χ3n) is 4.94. The fourth-order valence-corrected chi connectivity index (χ4v) is 3.52. The summed E-state index contributed by atoms with van der Waals surface area (Å²) in [4.78, 5) is 0. The van der Waals surface area contributed by atoms with Crippen LogP contribution in [0, 0.1) is 5.92 Å². The molecule has 0 heterocycles. The summed E-state index contributed by atoms with van der Waals surface area (Å²) in [6.07, 6.45) is 4.59. The van der Waals surface area contributed by atoms with Crippen LogP contribution in [-0.2, 0) is 21.7 Å². The van der Waals surface area contributed by atoms with Crippen molar-refractivity contribution >= 4 is 0 Å². The van der Waals surface area contributed by atoms with Crippen molar-refractivity contribution in [3.63, 3.8) is 0 Å². The second-order valence-electron chi connectivity index (χ2n) is 6.80. The molecule has 0 radical (unpaired) electrons. The van der Waals surface area contributed by atoms with E-state index in [0.717, 1.165) is 0 Å². The molecule has 0 N–H and O–H groups in total. The normalized spacial score (nSPS) is 10.7. The van der Waals surface area contributed by atoms with E-state index in [9.17, 15) is 0 Å². The predicted molar refractivity (Wildman–Crippen MR) is 118 cm³/mol. The zero-order chi connectivity index (χ0) is 19.0. The van der Waals surface area contributed by atoms with Gasteiger partial charge in [-0.1, -0.05) is 103 Å². The molecule has 140 valence electrons. The number of hydrogen-bond donors (Lipinski definition) is 0. The minimum absolute atomic E-state index is 0. The van der Waals surface area contributed by atoms with Crippen LogP contribution in [0.1, 0.15) is 28.2 Å². The molecule has 4 rings (SSSR count). The van der Waals surface area contributed by atoms with Gasteiger partial charge in [0.15, 0.2) is 0 Å². The minimum Gasteiger partial charge on any atom is -0.118 e. The molecule has 4 aromatic carbocycles. The SMILES string of the molecule is C(=CC(c1ccccc1)c1ccccc1)[C-](c1ccccc1)c1ccccc1.[Ti]. The molecular weight excluding hydrogens is 384 g/mol. The molecule has 0 spiro atoms. The minimum atomic E-state index is 0. The smallest absolute Gasteiger partial charge is 0.00533 e. The van der Waals surface area contributed by atoms with Crippen molar-refractivity contribution in [3.8, 4) is 0 Å². The third-order valence-corrected chi connectivity index (χ3v) is 4.94. The molecule has 0 saturated carbocycles. The molecule has 0 saturated heterocycles. The van der Waals surface area contributed by atoms with E-state index in [1.54, 1.807) is 0 Å². The molecule has 0 bridgehead atoms. The molecule has 0 amide bonds. The Kier molecular flexibility index (Phi) is 7.70. The molecule has 29 heavy (non-hydrogen) atoms. The summed E-state index contributed by atoms with van der Waals surface area (Å²) in [6, 6.07) is 42.6. The van der Waals surface area contributed by atoms with Gasteiger partial charge in [0.1, 0.15) is 0 Å². The van der Waals surface area contributed by atoms with Gasteiger partial charge < -0.3 is 0 Å². The first-order chi connectivity index (χ1) is 13.9. The second-order valence-corrected chi connectivity index (χ2v) is 6.80. The van der Waals surface area contributed by atoms with E-state index >= 15 is 0 Å². The standard InChI is InChI=1S/C28H23.Ti/c1-5-13-23(14-6-1)27(24-15-7-2-8-16-24)21-22-28(25-17-9-3-10-18-25)26-19-11-4-12-20-26;/h1-22,27H;/q-1;. The quantitative estimate of drug-likeness (QED) is 0.237. The average molecular weight is 407 g/mol. The van der Waals surface area contributed by atoms with Crippen molar-refractivity contribution in [2.75, 3.05) is 0 Å². The van der Waals surface area contributed by atoms with Crippen LogP contribution in [0.15, 0.2) is 133 Å². The molecule has 0 atom stereocenters. The molecule has 0 nitrogen and oxygen atoms in total. The summed E-state index contributed by atoms with van der Waals surface area (Å²) < 4.78 is 0. The maximum absolute atomic E-state index is 2.32. The largest absolute Gasteiger partial charge is 0.118 e. The van der Waals surface area contributed by atoms with Gasteiger partial charge >= 0.3 is 0 Å². The van der Waals surface area contributed by atoms with Gasteiger partial charge in [0.25, 0.3) is 0 Å². The van der Waals surface area contributed by atoms with Crippen LogP contribution in [0.3, 0.4) is 0 Å². The molecule has 0 aromatic heterocycles. The van der Waals surface area contributed by atoms with Crippen molar-refractivity contribution in [1.29, 1.82) is 0 Å². The third kappa shape index (κ3) is 5.38. The number of benzene rings is 4. The van der Waals surface area contributed by atoms with Crippen molar-refractivity contribution < 1.29 is 21.7 Å². The average Bonchev–Trinajstić information content (AvgIpc) is 2.79. The Morgan fingerprint density at radius 2 is 0.828 bits per heavy atom. The van der Waals surface area contributed by atoms with E-state index in [4.69, 9.17) is 0 Å². The summed E-state index contributed by atoms with van der Waals surface area (Å²) in [5.74, 6) is 1.45. The fraction of sp³-hybridized carbons (Fsp3) is 0.0357. The summed E-state index contributed by atoms with van der Waals surface area (Å²) in [5, 5.41) is 0. The maximum Gasteiger partial charge on any atom is 0.00533 e. The van der Waals surface area contributed by atoms with Crippen molar-refractivity contribution in [2.45, 2.75) is 5.92 Å². The second kappa shape index (κ2) is 10.7. The molecule has 0 aliphatic rings. The maximum atomic E-state index is 2.32. The van der Waals surface area contributed by atoms with Gasteiger partial charge in [-0.05, 0) is 11.1 Å². The monoisotopic (exact) mass is 407 g/mol. The van der Waals surface area contributed by atoms with Crippen LogP contribution in [0.2, 0.25) is 0 Å². The van der Waals surface area contributed by atoms with Crippen molar-refractivity contribution in [3.05, 3.63) is 162 Å². The Balaban J connectivity index is 0.00000240. The summed E-state index contributed by atoms with van der Waals surface area (Å²) in [6.45, 7) is 0. The Labute approximate surface area is 188 Å². The summed E-state index contributed by atoms with van der Waals surface area (Å²) >= 11 is 0. The molecule has 0 fully saturated rings. The van der Waals surface area contributed by atoms with E-state index in [-0.39, 0.29) is 27.6 Å². The first-order valence-corrected chi connectivity index (χ1v) is 9.68. The van der Waals surface area contributed by atoms with Gasteiger partial charge in [-0.15, -0.1) is 47.5 Å². The first kappa shape index (κ1) is 20.9. The van der Waals surface area contributed by atoms with Crippen LogP contribution in [0.4, 0.5) is 0 Å². The van der Waals surface area contributed by atoms with Gasteiger partial charge in [-0.2, -0.15) is 0 Å². The molecule has 0 unspecified atom stereocenters. The van der Waals surface area contributed by atoms with Gasteiger partial charge in [-0.3, -0.25) is 0 Å². The number of allylic oxidation sites excluding steroid dienone is 2. The van der Waals surface area contributed by atoms with Gasteiger partial charge in [0.2, 0.25) is 0 Å². The molecule has 4 aromatic rings. The van der Waals surface area contributed by atoms with Gasteiger partial charge in [-0.25, -0.2) is 0 Å². The number of hydrogen-bond acceptors (Lipinski definition) is 0. The van der Waals surface area contributed by atoms with Crippen LogP contribution < -0.4 is 0 Å². The van der Waals surface area contributed by atoms with Crippen LogP contribution in [0.5, 0.6) is 0 Å². The molecule has 1 heteroatoms. The predicted octanol–water partition coefficient (Wildman–Crippen LogP) is 7.04.